The lowest BCUT2D eigenvalue weighted by Crippen LogP contribution is -2.29. The monoisotopic (exact) mass is 554 g/mol. The van der Waals surface area contributed by atoms with Crippen LogP contribution in [-0.4, -0.2) is 34.0 Å². The zero-order valence-electron chi connectivity index (χ0n) is 20.1. The molecule has 0 saturated carbocycles. The Kier molecular flexibility index (Phi) is 7.74. The molecule has 0 bridgehead atoms. The third kappa shape index (κ3) is 6.52. The Hall–Kier alpha value is -4.29. The zero-order valence-corrected chi connectivity index (χ0v) is 21.7. The summed E-state index contributed by atoms with van der Waals surface area (Å²) in [4.78, 5) is 16.6. The Bertz CT molecular complexity index is 1650. The van der Waals surface area contributed by atoms with Gasteiger partial charge in [0.1, 0.15) is 11.6 Å². The van der Waals surface area contributed by atoms with Crippen LogP contribution in [0.5, 0.6) is 0 Å². The molecule has 9 nitrogen and oxygen atoms in total. The van der Waals surface area contributed by atoms with Crippen molar-refractivity contribution in [3.63, 3.8) is 0 Å². The molecule has 0 aliphatic carbocycles. The maximum atomic E-state index is 14.1. The minimum Gasteiger partial charge on any atom is -0.322 e. The summed E-state index contributed by atoms with van der Waals surface area (Å²) in [5, 5.41) is 2.66. The summed E-state index contributed by atoms with van der Waals surface area (Å²) in [5.74, 6) is -0.834. The maximum absolute atomic E-state index is 14.1. The van der Waals surface area contributed by atoms with Gasteiger partial charge >= 0.3 is 0 Å². The predicted molar refractivity (Wildman–Crippen MR) is 143 cm³/mol. The van der Waals surface area contributed by atoms with E-state index in [1.54, 1.807) is 18.2 Å². The number of hydrogen-bond acceptors (Lipinski definition) is 6. The second kappa shape index (κ2) is 11.0. The average Bonchev–Trinajstić information content (AvgIpc) is 2.88. The molecule has 0 aliphatic rings. The average molecular weight is 555 g/mol. The number of anilines is 3. The number of pyridine rings is 1. The van der Waals surface area contributed by atoms with Crippen LogP contribution in [0.15, 0.2) is 102 Å². The lowest BCUT2D eigenvalue weighted by Gasteiger charge is -2.23. The molecule has 0 saturated heterocycles. The van der Waals surface area contributed by atoms with E-state index in [4.69, 9.17) is 0 Å². The molecular formula is C26H23FN4O5S2. The fraction of sp³-hybridized carbons (Fsp3) is 0.0769. The van der Waals surface area contributed by atoms with Crippen molar-refractivity contribution in [2.75, 3.05) is 20.6 Å². The minimum absolute atomic E-state index is 0.0128. The van der Waals surface area contributed by atoms with Gasteiger partial charge in [-0.25, -0.2) is 26.2 Å². The van der Waals surface area contributed by atoms with Crippen molar-refractivity contribution in [1.82, 2.24) is 4.98 Å². The van der Waals surface area contributed by atoms with Crippen molar-refractivity contribution in [2.24, 2.45) is 0 Å². The molecule has 1 aromatic heterocycles. The third-order valence-corrected chi connectivity index (χ3v) is 7.93. The second-order valence-electron chi connectivity index (χ2n) is 8.21. The largest absolute Gasteiger partial charge is 0.322 e. The van der Waals surface area contributed by atoms with E-state index in [0.29, 0.717) is 5.69 Å². The Labute approximate surface area is 220 Å². The van der Waals surface area contributed by atoms with Crippen molar-refractivity contribution in [3.05, 3.63) is 114 Å². The molecule has 0 spiro atoms. The van der Waals surface area contributed by atoms with Crippen LogP contribution >= 0.6 is 0 Å². The first-order valence-electron chi connectivity index (χ1n) is 11.2. The van der Waals surface area contributed by atoms with Crippen molar-refractivity contribution < 1.29 is 26.0 Å². The summed E-state index contributed by atoms with van der Waals surface area (Å²) in [6.45, 7) is -0.207. The lowest BCUT2D eigenvalue weighted by molar-refractivity contribution is 0.102. The lowest BCUT2D eigenvalue weighted by atomic mass is 10.1. The van der Waals surface area contributed by atoms with E-state index in [9.17, 15) is 26.0 Å². The van der Waals surface area contributed by atoms with Gasteiger partial charge in [-0.15, -0.1) is 0 Å². The number of halogens is 1. The van der Waals surface area contributed by atoms with E-state index < -0.39 is 31.8 Å². The van der Waals surface area contributed by atoms with Crippen LogP contribution in [0.2, 0.25) is 0 Å². The van der Waals surface area contributed by atoms with Gasteiger partial charge in [-0.05, 0) is 66.7 Å². The predicted octanol–water partition coefficient (Wildman–Crippen LogP) is 4.24. The van der Waals surface area contributed by atoms with E-state index in [0.717, 1.165) is 10.6 Å². The van der Waals surface area contributed by atoms with Gasteiger partial charge in [0.15, 0.2) is 0 Å². The molecular weight excluding hydrogens is 531 g/mol. The van der Waals surface area contributed by atoms with Gasteiger partial charge in [0.25, 0.3) is 15.9 Å². The molecule has 1 amide bonds. The molecule has 3 aromatic carbocycles. The highest BCUT2D eigenvalue weighted by Gasteiger charge is 2.20. The van der Waals surface area contributed by atoms with Gasteiger partial charge in [-0.3, -0.25) is 13.8 Å². The molecule has 0 unspecified atom stereocenters. The first-order valence-corrected chi connectivity index (χ1v) is 14.5. The number of rotatable bonds is 9. The number of carbonyl (C=O) groups is 1. The molecule has 0 fully saturated rings. The van der Waals surface area contributed by atoms with Crippen LogP contribution in [0.1, 0.15) is 15.9 Å². The highest BCUT2D eigenvalue weighted by Crippen LogP contribution is 2.23. The molecule has 4 aromatic rings. The van der Waals surface area contributed by atoms with E-state index >= 15 is 0 Å². The van der Waals surface area contributed by atoms with Crippen LogP contribution in [0.25, 0.3) is 0 Å². The van der Waals surface area contributed by atoms with E-state index in [-0.39, 0.29) is 34.1 Å². The SMILES string of the molecule is CS(=O)(=O)N(Cc1ccccc1F)c1ccc(C(=O)Nc2ccc(S(=O)(=O)Nc3ccccn3)cc2)cc1. The Morgan fingerprint density at radius 2 is 1.53 bits per heavy atom. The Balaban J connectivity index is 1.45. The van der Waals surface area contributed by atoms with E-state index in [2.05, 4.69) is 15.0 Å². The highest BCUT2D eigenvalue weighted by molar-refractivity contribution is 7.92. The fourth-order valence-electron chi connectivity index (χ4n) is 3.50. The van der Waals surface area contributed by atoms with Crippen LogP contribution in [-0.2, 0) is 26.6 Å². The van der Waals surface area contributed by atoms with Crippen LogP contribution in [0, 0.1) is 5.82 Å². The van der Waals surface area contributed by atoms with E-state index in [1.807, 2.05) is 0 Å². The normalized spacial score (nSPS) is 11.5. The number of aromatic nitrogens is 1. The van der Waals surface area contributed by atoms with Gasteiger partial charge in [0, 0.05) is 23.0 Å². The molecule has 1 heterocycles. The van der Waals surface area contributed by atoms with Crippen molar-refractivity contribution >= 4 is 43.1 Å². The summed E-state index contributed by atoms with van der Waals surface area (Å²) in [7, 11) is -7.61. The topological polar surface area (TPSA) is 126 Å². The smallest absolute Gasteiger partial charge is 0.263 e. The number of sulfonamides is 2. The van der Waals surface area contributed by atoms with Crippen molar-refractivity contribution in [3.8, 4) is 0 Å². The first kappa shape index (κ1) is 26.8. The van der Waals surface area contributed by atoms with Gasteiger partial charge in [0.05, 0.1) is 23.4 Å². The number of carbonyl (C=O) groups excluding carboxylic acids is 1. The zero-order chi connectivity index (χ0) is 27.3. The highest BCUT2D eigenvalue weighted by atomic mass is 32.2. The van der Waals surface area contributed by atoms with Crippen LogP contribution in [0.3, 0.4) is 0 Å². The number of amides is 1. The van der Waals surface area contributed by atoms with Crippen molar-refractivity contribution in [1.29, 1.82) is 0 Å². The number of nitrogens with one attached hydrogen (secondary N) is 2. The maximum Gasteiger partial charge on any atom is 0.263 e. The summed E-state index contributed by atoms with van der Waals surface area (Å²) in [6.07, 6.45) is 2.48. The Morgan fingerprint density at radius 3 is 2.13 bits per heavy atom. The summed E-state index contributed by atoms with van der Waals surface area (Å²) in [6, 6.07) is 22.1. The Morgan fingerprint density at radius 1 is 0.868 bits per heavy atom. The first-order chi connectivity index (χ1) is 18.0. The molecule has 196 valence electrons. The summed E-state index contributed by atoms with van der Waals surface area (Å²) < 4.78 is 67.4. The third-order valence-electron chi connectivity index (χ3n) is 5.42. The summed E-state index contributed by atoms with van der Waals surface area (Å²) in [5.41, 5.74) is 1.07. The van der Waals surface area contributed by atoms with E-state index in [1.165, 1.54) is 79.0 Å². The molecule has 12 heteroatoms. The second-order valence-corrected chi connectivity index (χ2v) is 11.8. The standard InChI is InChI=1S/C26H23FN4O5S2/c1-37(33,34)31(18-20-6-2-3-7-24(20)27)22-13-9-19(10-14-22)26(32)29-21-11-15-23(16-12-21)38(35,36)30-25-8-4-5-17-28-25/h2-17H,18H2,1H3,(H,28,30)(H,29,32). The molecule has 2 N–H and O–H groups in total. The summed E-state index contributed by atoms with van der Waals surface area (Å²) >= 11 is 0. The fourth-order valence-corrected chi connectivity index (χ4v) is 5.39. The van der Waals surface area contributed by atoms with Crippen LogP contribution < -0.4 is 14.3 Å². The van der Waals surface area contributed by atoms with Gasteiger partial charge < -0.3 is 5.32 Å². The van der Waals surface area contributed by atoms with Crippen LogP contribution in [0.4, 0.5) is 21.6 Å². The van der Waals surface area contributed by atoms with Gasteiger partial charge in [0.2, 0.25) is 10.0 Å². The molecule has 0 atom stereocenters. The quantitative estimate of drug-likeness (QED) is 0.319. The molecule has 4 rings (SSSR count). The number of hydrogen-bond donors (Lipinski definition) is 2. The molecule has 0 radical (unpaired) electrons. The molecule has 0 aliphatic heterocycles. The van der Waals surface area contributed by atoms with Crippen molar-refractivity contribution in [2.45, 2.75) is 11.4 Å². The number of nitrogens with zero attached hydrogens (tertiary/aromatic N) is 2. The number of benzene rings is 3. The molecule has 38 heavy (non-hydrogen) atoms. The van der Waals surface area contributed by atoms with Gasteiger partial charge in [-0.1, -0.05) is 24.3 Å². The van der Waals surface area contributed by atoms with Gasteiger partial charge in [-0.2, -0.15) is 0 Å². The minimum atomic E-state index is -3.86.